The Labute approximate surface area is 138 Å². The smallest absolute Gasteiger partial charge is 0.165 e. The fraction of sp³-hybridized carbons (Fsp3) is 0.286. The van der Waals surface area contributed by atoms with Gasteiger partial charge in [-0.3, -0.25) is 0 Å². The zero-order valence-electron chi connectivity index (χ0n) is 11.0. The second kappa shape index (κ2) is 7.02. The van der Waals surface area contributed by atoms with Crippen LogP contribution in [0.1, 0.15) is 16.5 Å². The van der Waals surface area contributed by atoms with Crippen molar-refractivity contribution in [3.8, 4) is 5.75 Å². The average molecular weight is 423 g/mol. The first kappa shape index (κ1) is 15.9. The largest absolute Gasteiger partial charge is 0.494 e. The number of hydrogen-bond donors (Lipinski definition) is 1. The summed E-state index contributed by atoms with van der Waals surface area (Å²) < 4.78 is 20.8. The van der Waals surface area contributed by atoms with E-state index in [4.69, 9.17) is 4.74 Å². The molecular formula is C14H14Br2FNOS. The summed E-state index contributed by atoms with van der Waals surface area (Å²) in [7, 11) is 3.38. The van der Waals surface area contributed by atoms with Crippen LogP contribution in [0.5, 0.6) is 5.75 Å². The summed E-state index contributed by atoms with van der Waals surface area (Å²) in [5, 5.41) is 3.27. The molecule has 2 nitrogen and oxygen atoms in total. The number of thiophene rings is 1. The Kier molecular flexibility index (Phi) is 5.60. The maximum Gasteiger partial charge on any atom is 0.165 e. The van der Waals surface area contributed by atoms with E-state index in [-0.39, 0.29) is 17.6 Å². The van der Waals surface area contributed by atoms with Gasteiger partial charge in [0.1, 0.15) is 0 Å². The molecule has 6 heteroatoms. The summed E-state index contributed by atoms with van der Waals surface area (Å²) in [6.45, 7) is 0. The third-order valence-electron chi connectivity index (χ3n) is 3.01. The highest BCUT2D eigenvalue weighted by molar-refractivity contribution is 9.13. The zero-order chi connectivity index (χ0) is 14.7. The molecule has 0 fully saturated rings. The quantitative estimate of drug-likeness (QED) is 0.737. The summed E-state index contributed by atoms with van der Waals surface area (Å²) in [5.74, 6) is -0.0511. The molecule has 2 rings (SSSR count). The van der Waals surface area contributed by atoms with Crippen molar-refractivity contribution < 1.29 is 9.13 Å². The van der Waals surface area contributed by atoms with Crippen LogP contribution in [0, 0.1) is 5.82 Å². The van der Waals surface area contributed by atoms with Crippen molar-refractivity contribution in [3.63, 3.8) is 0 Å². The molecule has 0 radical (unpaired) electrons. The first-order valence-electron chi connectivity index (χ1n) is 5.99. The first-order chi connectivity index (χ1) is 9.55. The minimum absolute atomic E-state index is 0.149. The molecule has 1 aromatic carbocycles. The number of ether oxygens (including phenoxy) is 1. The van der Waals surface area contributed by atoms with Crippen LogP contribution in [-0.4, -0.2) is 14.2 Å². The van der Waals surface area contributed by atoms with Crippen molar-refractivity contribution in [2.24, 2.45) is 0 Å². The number of hydrogen-bond acceptors (Lipinski definition) is 3. The SMILES string of the molecule is CNC(Cc1ccc(OC)c(F)c1)c1cc(Br)c(Br)s1. The summed E-state index contributed by atoms with van der Waals surface area (Å²) in [4.78, 5) is 1.20. The van der Waals surface area contributed by atoms with E-state index in [9.17, 15) is 4.39 Å². The molecule has 2 aromatic rings. The van der Waals surface area contributed by atoms with Crippen molar-refractivity contribution in [2.75, 3.05) is 14.2 Å². The van der Waals surface area contributed by atoms with E-state index in [0.717, 1.165) is 20.2 Å². The molecule has 0 aliphatic heterocycles. The lowest BCUT2D eigenvalue weighted by Crippen LogP contribution is -2.17. The van der Waals surface area contributed by atoms with Crippen molar-refractivity contribution in [2.45, 2.75) is 12.5 Å². The van der Waals surface area contributed by atoms with E-state index < -0.39 is 0 Å². The molecule has 1 aromatic heterocycles. The molecule has 108 valence electrons. The molecule has 0 bridgehead atoms. The molecule has 1 N–H and O–H groups in total. The lowest BCUT2D eigenvalue weighted by Gasteiger charge is -2.15. The average Bonchev–Trinajstić information content (AvgIpc) is 2.76. The molecule has 0 saturated heterocycles. The van der Waals surface area contributed by atoms with Gasteiger partial charge in [-0.15, -0.1) is 11.3 Å². The zero-order valence-corrected chi connectivity index (χ0v) is 15.0. The van der Waals surface area contributed by atoms with Gasteiger partial charge in [0.25, 0.3) is 0 Å². The van der Waals surface area contributed by atoms with Crippen LogP contribution in [0.2, 0.25) is 0 Å². The van der Waals surface area contributed by atoms with Crippen LogP contribution in [0.25, 0.3) is 0 Å². The lowest BCUT2D eigenvalue weighted by molar-refractivity contribution is 0.386. The topological polar surface area (TPSA) is 21.3 Å². The second-order valence-corrected chi connectivity index (χ2v) is 7.54. The van der Waals surface area contributed by atoms with Crippen LogP contribution in [-0.2, 0) is 6.42 Å². The van der Waals surface area contributed by atoms with Crippen molar-refractivity contribution in [3.05, 3.63) is 48.8 Å². The van der Waals surface area contributed by atoms with Gasteiger partial charge in [-0.1, -0.05) is 6.07 Å². The van der Waals surface area contributed by atoms with Crippen molar-refractivity contribution in [1.82, 2.24) is 5.32 Å². The van der Waals surface area contributed by atoms with Gasteiger partial charge in [0.05, 0.1) is 10.9 Å². The monoisotopic (exact) mass is 421 g/mol. The molecule has 20 heavy (non-hydrogen) atoms. The third kappa shape index (κ3) is 3.61. The summed E-state index contributed by atoms with van der Waals surface area (Å²) in [6.07, 6.45) is 0.719. The summed E-state index contributed by atoms with van der Waals surface area (Å²) in [6, 6.07) is 7.31. The van der Waals surface area contributed by atoms with E-state index in [1.165, 1.54) is 18.1 Å². The predicted molar refractivity (Wildman–Crippen MR) is 88.2 cm³/mol. The van der Waals surface area contributed by atoms with Crippen LogP contribution in [0.4, 0.5) is 4.39 Å². The molecule has 1 atom stereocenters. The Bertz CT molecular complexity index is 583. The molecule has 0 saturated carbocycles. The fourth-order valence-corrected chi connectivity index (χ4v) is 4.15. The van der Waals surface area contributed by atoms with E-state index in [0.29, 0.717) is 0 Å². The predicted octanol–water partition coefficient (Wildman–Crippen LogP) is 4.92. The minimum atomic E-state index is -0.326. The van der Waals surface area contributed by atoms with Crippen molar-refractivity contribution >= 4 is 43.2 Å². The maximum absolute atomic E-state index is 13.7. The van der Waals surface area contributed by atoms with Gasteiger partial charge in [-0.25, -0.2) is 4.39 Å². The van der Waals surface area contributed by atoms with Gasteiger partial charge in [-0.05, 0) is 69.1 Å². The van der Waals surface area contributed by atoms with E-state index >= 15 is 0 Å². The number of methoxy groups -OCH3 is 1. The van der Waals surface area contributed by atoms with Gasteiger partial charge in [0.2, 0.25) is 0 Å². The van der Waals surface area contributed by atoms with Gasteiger partial charge in [-0.2, -0.15) is 0 Å². The van der Waals surface area contributed by atoms with E-state index in [1.54, 1.807) is 17.4 Å². The van der Waals surface area contributed by atoms with Crippen LogP contribution >= 0.6 is 43.2 Å². The Hall–Kier alpha value is -0.430. The number of nitrogens with one attached hydrogen (secondary N) is 1. The van der Waals surface area contributed by atoms with Crippen LogP contribution in [0.15, 0.2) is 32.5 Å². The number of halogens is 3. The van der Waals surface area contributed by atoms with E-state index in [1.807, 2.05) is 13.1 Å². The van der Waals surface area contributed by atoms with Gasteiger partial charge >= 0.3 is 0 Å². The van der Waals surface area contributed by atoms with Gasteiger partial charge in [0, 0.05) is 15.4 Å². The van der Waals surface area contributed by atoms with E-state index in [2.05, 4.69) is 43.2 Å². The van der Waals surface area contributed by atoms with Gasteiger partial charge in [0.15, 0.2) is 11.6 Å². The molecular weight excluding hydrogens is 409 g/mol. The highest BCUT2D eigenvalue weighted by Gasteiger charge is 2.15. The minimum Gasteiger partial charge on any atom is -0.494 e. The van der Waals surface area contributed by atoms with Crippen molar-refractivity contribution in [1.29, 1.82) is 0 Å². The number of likely N-dealkylation sites (N-methyl/N-ethyl adjacent to an activating group) is 1. The highest BCUT2D eigenvalue weighted by Crippen LogP contribution is 2.36. The molecule has 0 aliphatic rings. The van der Waals surface area contributed by atoms with Crippen LogP contribution < -0.4 is 10.1 Å². The third-order valence-corrected chi connectivity index (χ3v) is 6.38. The first-order valence-corrected chi connectivity index (χ1v) is 8.39. The number of rotatable bonds is 5. The highest BCUT2D eigenvalue weighted by atomic mass is 79.9. The lowest BCUT2D eigenvalue weighted by atomic mass is 10.0. The van der Waals surface area contributed by atoms with Gasteiger partial charge < -0.3 is 10.1 Å². The molecule has 0 spiro atoms. The second-order valence-electron chi connectivity index (χ2n) is 4.28. The Morgan fingerprint density at radius 1 is 1.35 bits per heavy atom. The normalized spacial score (nSPS) is 12.4. The fourth-order valence-electron chi connectivity index (χ4n) is 1.95. The molecule has 0 aliphatic carbocycles. The summed E-state index contributed by atoms with van der Waals surface area (Å²) >= 11 is 8.65. The molecule has 1 unspecified atom stereocenters. The Morgan fingerprint density at radius 3 is 2.60 bits per heavy atom. The van der Waals surface area contributed by atoms with Crippen LogP contribution in [0.3, 0.4) is 0 Å². The summed E-state index contributed by atoms with van der Waals surface area (Å²) in [5.41, 5.74) is 0.934. The standard InChI is InChI=1S/C14H14Br2FNOS/c1-18-11(13-7-9(15)14(16)20-13)6-8-3-4-12(19-2)10(17)5-8/h3-5,7,11,18H,6H2,1-2H3. The number of benzene rings is 1. The molecule has 0 amide bonds. The Balaban J connectivity index is 2.20. The Morgan fingerprint density at radius 2 is 2.10 bits per heavy atom. The maximum atomic E-state index is 13.7. The molecule has 1 heterocycles.